The van der Waals surface area contributed by atoms with Crippen molar-refractivity contribution < 1.29 is 32.2 Å². The molecule has 0 bridgehead atoms. The number of nitrogens with zero attached hydrogens (tertiary/aromatic N) is 2. The number of hydrogen-bond acceptors (Lipinski definition) is 7. The van der Waals surface area contributed by atoms with Crippen LogP contribution in [0.25, 0.3) is 0 Å². The highest BCUT2D eigenvalue weighted by Crippen LogP contribution is 2.34. The Balaban J connectivity index is 1.98. The molecule has 0 saturated carbocycles. The number of carbonyl (C=O) groups is 2. The molecule has 0 radical (unpaired) electrons. The lowest BCUT2D eigenvalue weighted by molar-refractivity contribution is -0.141. The topological polar surface area (TPSA) is 94.5 Å². The van der Waals surface area contributed by atoms with Gasteiger partial charge in [0.2, 0.25) is 0 Å². The number of carbonyl (C=O) groups excluding carboxylic acids is 2. The second-order valence-corrected chi connectivity index (χ2v) is 7.80. The van der Waals surface area contributed by atoms with E-state index in [1.54, 1.807) is 13.8 Å². The molecule has 0 saturated heterocycles. The van der Waals surface area contributed by atoms with Gasteiger partial charge in [-0.3, -0.25) is 4.68 Å². The maximum atomic E-state index is 12.7. The van der Waals surface area contributed by atoms with Gasteiger partial charge in [0.25, 0.3) is 0 Å². The van der Waals surface area contributed by atoms with Crippen LogP contribution in [0.1, 0.15) is 43.4 Å². The number of thiocarbonyl (C=S) groups is 1. The number of hydrogen-bond donors (Lipinski definition) is 2. The van der Waals surface area contributed by atoms with E-state index in [2.05, 4.69) is 15.7 Å². The van der Waals surface area contributed by atoms with Gasteiger partial charge in [-0.2, -0.15) is 18.3 Å². The molecule has 2 aromatic heterocycles. The number of anilines is 1. The fourth-order valence-corrected chi connectivity index (χ4v) is 4.08. The molecule has 13 heteroatoms. The molecule has 2 N–H and O–H groups in total. The highest BCUT2D eigenvalue weighted by Gasteiger charge is 2.34. The van der Waals surface area contributed by atoms with Crippen molar-refractivity contribution >= 4 is 45.6 Å². The molecule has 0 aromatic carbocycles. The van der Waals surface area contributed by atoms with Gasteiger partial charge in [-0.1, -0.05) is 0 Å². The van der Waals surface area contributed by atoms with Crippen LogP contribution in [0.4, 0.5) is 18.2 Å². The molecule has 0 aliphatic heterocycles. The predicted octanol–water partition coefficient (Wildman–Crippen LogP) is 3.53. The van der Waals surface area contributed by atoms with Crippen LogP contribution in [0, 0.1) is 13.8 Å². The fraction of sp³-hybridized carbons (Fsp3) is 0.444. The lowest BCUT2D eigenvalue weighted by Crippen LogP contribution is -2.30. The van der Waals surface area contributed by atoms with Crippen molar-refractivity contribution in [2.24, 2.45) is 0 Å². The first-order valence-electron chi connectivity index (χ1n) is 8.96. The van der Waals surface area contributed by atoms with Gasteiger partial charge in [-0.25, -0.2) is 9.59 Å². The van der Waals surface area contributed by atoms with Crippen LogP contribution in [-0.2, 0) is 22.2 Å². The fourth-order valence-electron chi connectivity index (χ4n) is 2.69. The summed E-state index contributed by atoms with van der Waals surface area (Å²) in [6, 6.07) is 0.992. The second-order valence-electron chi connectivity index (χ2n) is 6.37. The molecule has 2 aromatic rings. The highest BCUT2D eigenvalue weighted by molar-refractivity contribution is 7.80. The van der Waals surface area contributed by atoms with E-state index in [4.69, 9.17) is 21.7 Å². The molecule has 31 heavy (non-hydrogen) atoms. The summed E-state index contributed by atoms with van der Waals surface area (Å²) in [6.45, 7) is 3.75. The molecule has 0 atom stereocenters. The Kier molecular flexibility index (Phi) is 8.01. The Hall–Kier alpha value is -2.67. The molecule has 0 unspecified atom stereocenters. The van der Waals surface area contributed by atoms with Crippen LogP contribution < -0.4 is 10.6 Å². The van der Waals surface area contributed by atoms with E-state index in [1.807, 2.05) is 0 Å². The summed E-state index contributed by atoms with van der Waals surface area (Å²) in [5, 5.41) is 9.83. The molecule has 0 aliphatic carbocycles. The lowest BCUT2D eigenvalue weighted by Gasteiger charge is -2.11. The van der Waals surface area contributed by atoms with Crippen molar-refractivity contribution in [2.45, 2.75) is 33.0 Å². The van der Waals surface area contributed by atoms with E-state index in [9.17, 15) is 22.8 Å². The van der Waals surface area contributed by atoms with Crippen molar-refractivity contribution in [1.29, 1.82) is 0 Å². The first-order chi connectivity index (χ1) is 14.5. The summed E-state index contributed by atoms with van der Waals surface area (Å²) in [7, 11) is 2.46. The SMILES string of the molecule is COC(=O)c1sc(NC(=S)NCCCn2nc(C(F)(F)F)cc2C)c(C(=O)OC)c1C. The Morgan fingerprint density at radius 2 is 1.87 bits per heavy atom. The molecule has 170 valence electrons. The van der Waals surface area contributed by atoms with E-state index in [1.165, 1.54) is 18.9 Å². The zero-order chi connectivity index (χ0) is 23.3. The molecular formula is C18H21F3N4O4S2. The van der Waals surface area contributed by atoms with Crippen LogP contribution >= 0.6 is 23.6 Å². The minimum Gasteiger partial charge on any atom is -0.465 e. The quantitative estimate of drug-likeness (QED) is 0.355. The van der Waals surface area contributed by atoms with E-state index < -0.39 is 23.8 Å². The number of alkyl halides is 3. The lowest BCUT2D eigenvalue weighted by atomic mass is 10.1. The Morgan fingerprint density at radius 3 is 2.42 bits per heavy atom. The summed E-state index contributed by atoms with van der Waals surface area (Å²) in [5.41, 5.74) is 0.0487. The van der Waals surface area contributed by atoms with Gasteiger partial charge in [-0.15, -0.1) is 11.3 Å². The van der Waals surface area contributed by atoms with E-state index in [-0.39, 0.29) is 22.1 Å². The summed E-state index contributed by atoms with van der Waals surface area (Å²) in [4.78, 5) is 24.3. The van der Waals surface area contributed by atoms with Gasteiger partial charge in [-0.05, 0) is 44.1 Å². The molecular weight excluding hydrogens is 457 g/mol. The molecule has 8 nitrogen and oxygen atoms in total. The van der Waals surface area contributed by atoms with Crippen molar-refractivity contribution in [1.82, 2.24) is 15.1 Å². The van der Waals surface area contributed by atoms with Crippen LogP contribution in [0.3, 0.4) is 0 Å². The summed E-state index contributed by atoms with van der Waals surface area (Å²) in [5.74, 6) is -1.23. The van der Waals surface area contributed by atoms with Crippen molar-refractivity contribution in [3.63, 3.8) is 0 Å². The number of rotatable bonds is 7. The van der Waals surface area contributed by atoms with Gasteiger partial charge >= 0.3 is 18.1 Å². The number of esters is 2. The number of methoxy groups -OCH3 is 2. The summed E-state index contributed by atoms with van der Waals surface area (Å²) < 4.78 is 49.0. The number of aromatic nitrogens is 2. The Labute approximate surface area is 185 Å². The number of aryl methyl sites for hydroxylation is 2. The van der Waals surface area contributed by atoms with Gasteiger partial charge in [0, 0.05) is 18.8 Å². The van der Waals surface area contributed by atoms with Gasteiger partial charge in [0.05, 0.1) is 19.8 Å². The molecule has 2 heterocycles. The Morgan fingerprint density at radius 1 is 1.23 bits per heavy atom. The van der Waals surface area contributed by atoms with Crippen LogP contribution in [0.5, 0.6) is 0 Å². The van der Waals surface area contributed by atoms with Crippen LogP contribution in [-0.4, -0.2) is 47.6 Å². The molecule has 0 amide bonds. The number of nitrogens with one attached hydrogen (secondary N) is 2. The van der Waals surface area contributed by atoms with Crippen LogP contribution in [0.2, 0.25) is 0 Å². The molecule has 0 spiro atoms. The number of thiophene rings is 1. The van der Waals surface area contributed by atoms with Gasteiger partial charge in [0.1, 0.15) is 9.88 Å². The van der Waals surface area contributed by atoms with Crippen LogP contribution in [0.15, 0.2) is 6.07 Å². The average molecular weight is 479 g/mol. The predicted molar refractivity (Wildman–Crippen MR) is 113 cm³/mol. The first-order valence-corrected chi connectivity index (χ1v) is 10.2. The number of halogens is 3. The Bertz CT molecular complexity index is 985. The van der Waals surface area contributed by atoms with Crippen molar-refractivity contribution in [3.05, 3.63) is 33.5 Å². The third-order valence-electron chi connectivity index (χ3n) is 4.24. The standard InChI is InChI=1S/C18H21F3N4O4S2/c1-9-8-11(18(19,20)21)24-25(9)7-5-6-22-17(30)23-14-12(15(26)28-3)10(2)13(31-14)16(27)29-4/h8H,5-7H2,1-4H3,(H2,22,23,30). The monoisotopic (exact) mass is 478 g/mol. The third-order valence-corrected chi connectivity index (χ3v) is 5.67. The third kappa shape index (κ3) is 5.94. The second kappa shape index (κ2) is 10.1. The van der Waals surface area contributed by atoms with Crippen molar-refractivity contribution in [3.8, 4) is 0 Å². The minimum atomic E-state index is -4.49. The first kappa shape index (κ1) is 24.6. The zero-order valence-corrected chi connectivity index (χ0v) is 18.8. The summed E-state index contributed by atoms with van der Waals surface area (Å²) in [6.07, 6.45) is -4.04. The largest absolute Gasteiger partial charge is 0.465 e. The van der Waals surface area contributed by atoms with Gasteiger partial charge in [0.15, 0.2) is 10.8 Å². The normalized spacial score (nSPS) is 11.2. The molecule has 2 rings (SSSR count). The van der Waals surface area contributed by atoms with Gasteiger partial charge < -0.3 is 20.1 Å². The summed E-state index contributed by atoms with van der Waals surface area (Å²) >= 11 is 6.22. The zero-order valence-electron chi connectivity index (χ0n) is 17.2. The average Bonchev–Trinajstić information content (AvgIpc) is 3.24. The van der Waals surface area contributed by atoms with E-state index in [0.29, 0.717) is 29.2 Å². The van der Waals surface area contributed by atoms with E-state index >= 15 is 0 Å². The van der Waals surface area contributed by atoms with Crippen molar-refractivity contribution in [2.75, 3.05) is 26.1 Å². The van der Waals surface area contributed by atoms with E-state index in [0.717, 1.165) is 17.4 Å². The molecule has 0 fully saturated rings. The minimum absolute atomic E-state index is 0.170. The maximum absolute atomic E-state index is 12.7. The number of ether oxygens (including phenoxy) is 2. The smallest absolute Gasteiger partial charge is 0.435 e. The maximum Gasteiger partial charge on any atom is 0.435 e. The highest BCUT2D eigenvalue weighted by atomic mass is 32.1. The molecule has 0 aliphatic rings.